The lowest BCUT2D eigenvalue weighted by molar-refractivity contribution is -0.155. The number of esters is 1. The highest BCUT2D eigenvalue weighted by molar-refractivity contribution is 6.01. The van der Waals surface area contributed by atoms with Gasteiger partial charge < -0.3 is 24.1 Å². The molecule has 0 radical (unpaired) electrons. The van der Waals surface area contributed by atoms with Crippen molar-refractivity contribution in [3.63, 3.8) is 0 Å². The highest BCUT2D eigenvalue weighted by atomic mass is 16.6. The Morgan fingerprint density at radius 2 is 1.81 bits per heavy atom. The van der Waals surface area contributed by atoms with Crippen LogP contribution in [0, 0.1) is 0 Å². The van der Waals surface area contributed by atoms with Gasteiger partial charge in [-0.25, -0.2) is 10.4 Å². The fourth-order valence-electron chi connectivity index (χ4n) is 4.97. The fourth-order valence-corrected chi connectivity index (χ4v) is 4.97. The number of amides is 1. The number of nitrogens with zero attached hydrogens (tertiary/aromatic N) is 2. The number of benzene rings is 2. The summed E-state index contributed by atoms with van der Waals surface area (Å²) in [6.07, 6.45) is -0.205. The van der Waals surface area contributed by atoms with Crippen LogP contribution >= 0.6 is 0 Å². The predicted molar refractivity (Wildman–Crippen MR) is 162 cm³/mol. The zero-order valence-corrected chi connectivity index (χ0v) is 25.3. The van der Waals surface area contributed by atoms with Crippen molar-refractivity contribution >= 4 is 17.8 Å². The Morgan fingerprint density at radius 1 is 1.09 bits per heavy atom. The molecule has 2 heterocycles. The molecule has 1 amide bonds. The normalized spacial score (nSPS) is 20.7. The number of aliphatic imine (C=N–C) groups is 1. The van der Waals surface area contributed by atoms with Gasteiger partial charge in [-0.3, -0.25) is 19.9 Å². The molecule has 3 N–H and O–H groups in total. The molecule has 0 spiro atoms. The van der Waals surface area contributed by atoms with E-state index in [1.165, 1.54) is 0 Å². The Morgan fingerprint density at radius 3 is 2.49 bits per heavy atom. The number of ether oxygens (including phenoxy) is 4. The summed E-state index contributed by atoms with van der Waals surface area (Å²) in [6, 6.07) is 16.7. The van der Waals surface area contributed by atoms with Crippen molar-refractivity contribution in [2.75, 3.05) is 52.6 Å². The first-order valence-electron chi connectivity index (χ1n) is 14.9. The van der Waals surface area contributed by atoms with Crippen molar-refractivity contribution < 1.29 is 33.6 Å². The third-order valence-corrected chi connectivity index (χ3v) is 7.12. The van der Waals surface area contributed by atoms with Crippen molar-refractivity contribution in [2.45, 2.75) is 57.3 Å². The van der Waals surface area contributed by atoms with Crippen LogP contribution in [0.4, 0.5) is 0 Å². The minimum atomic E-state index is -1.45. The van der Waals surface area contributed by atoms with Crippen LogP contribution in [0.25, 0.3) is 0 Å². The summed E-state index contributed by atoms with van der Waals surface area (Å²) < 4.78 is 23.1. The average Bonchev–Trinajstić information content (AvgIpc) is 3.40. The van der Waals surface area contributed by atoms with Crippen molar-refractivity contribution in [1.29, 1.82) is 0 Å². The van der Waals surface area contributed by atoms with Crippen molar-refractivity contribution in [1.82, 2.24) is 15.8 Å². The first-order chi connectivity index (χ1) is 20.7. The summed E-state index contributed by atoms with van der Waals surface area (Å²) in [5.41, 5.74) is 5.24. The Bertz CT molecular complexity index is 1210. The smallest absolute Gasteiger partial charge is 0.306 e. The Hall–Kier alpha value is -3.51. The van der Waals surface area contributed by atoms with Gasteiger partial charge in [-0.1, -0.05) is 30.3 Å². The Balaban J connectivity index is 1.60. The van der Waals surface area contributed by atoms with Gasteiger partial charge in [0.2, 0.25) is 5.90 Å². The molecular formula is C32H44N4O7. The number of aliphatic hydroxyl groups is 1. The van der Waals surface area contributed by atoms with Gasteiger partial charge >= 0.3 is 5.97 Å². The van der Waals surface area contributed by atoms with E-state index in [0.717, 1.165) is 25.2 Å². The molecule has 0 saturated carbocycles. The highest BCUT2D eigenvalue weighted by Crippen LogP contribution is 2.43. The molecule has 0 aromatic heterocycles. The van der Waals surface area contributed by atoms with E-state index < -0.39 is 29.1 Å². The molecular weight excluding hydrogens is 552 g/mol. The quantitative estimate of drug-likeness (QED) is 0.171. The lowest BCUT2D eigenvalue weighted by Crippen LogP contribution is -2.54. The highest BCUT2D eigenvalue weighted by Gasteiger charge is 2.53. The Kier molecular flexibility index (Phi) is 11.5. The molecule has 43 heavy (non-hydrogen) atoms. The molecule has 4 rings (SSSR count). The lowest BCUT2D eigenvalue weighted by atomic mass is 9.83. The second-order valence-electron chi connectivity index (χ2n) is 11.6. The van der Waals surface area contributed by atoms with Gasteiger partial charge in [0, 0.05) is 51.2 Å². The summed E-state index contributed by atoms with van der Waals surface area (Å²) in [5.74, 6) is 0.128. The first-order valence-corrected chi connectivity index (χ1v) is 14.9. The fraction of sp³-hybridized carbons (Fsp3) is 0.531. The van der Waals surface area contributed by atoms with Crippen LogP contribution in [0.15, 0.2) is 59.6 Å². The number of nitrogens with one attached hydrogen (secondary N) is 2. The second-order valence-corrected chi connectivity index (χ2v) is 11.6. The minimum absolute atomic E-state index is 0.0282. The number of aliphatic hydroxyl groups excluding tert-OH is 1. The van der Waals surface area contributed by atoms with Crippen LogP contribution in [0.2, 0.25) is 0 Å². The van der Waals surface area contributed by atoms with E-state index in [2.05, 4.69) is 15.8 Å². The third kappa shape index (κ3) is 9.24. The van der Waals surface area contributed by atoms with Crippen molar-refractivity contribution in [3.05, 3.63) is 65.7 Å². The molecule has 11 heteroatoms. The molecule has 0 unspecified atom stereocenters. The molecule has 11 nitrogen and oxygen atoms in total. The zero-order valence-electron chi connectivity index (χ0n) is 25.3. The van der Waals surface area contributed by atoms with E-state index in [9.17, 15) is 9.59 Å². The van der Waals surface area contributed by atoms with E-state index in [0.29, 0.717) is 50.0 Å². The molecule has 2 aliphatic rings. The van der Waals surface area contributed by atoms with Crippen LogP contribution in [-0.4, -0.2) is 91.5 Å². The second kappa shape index (κ2) is 15.3. The summed E-state index contributed by atoms with van der Waals surface area (Å²) in [7, 11) is 0. The molecule has 2 atom stereocenters. The number of carbonyl (C=O) groups is 2. The topological polar surface area (TPSA) is 131 Å². The molecule has 2 aromatic rings. The van der Waals surface area contributed by atoms with Crippen molar-refractivity contribution in [2.24, 2.45) is 4.99 Å². The van der Waals surface area contributed by atoms with E-state index in [-0.39, 0.29) is 19.4 Å². The maximum atomic E-state index is 14.1. The van der Waals surface area contributed by atoms with Crippen molar-refractivity contribution in [3.8, 4) is 5.75 Å². The third-order valence-electron chi connectivity index (χ3n) is 7.12. The maximum absolute atomic E-state index is 14.1. The van der Waals surface area contributed by atoms with E-state index in [1.807, 2.05) is 63.2 Å². The predicted octanol–water partition coefficient (Wildman–Crippen LogP) is 2.78. The van der Waals surface area contributed by atoms with Crippen LogP contribution in [0.5, 0.6) is 5.75 Å². The number of carbonyl (C=O) groups excluding carboxylic acids is 2. The van der Waals surface area contributed by atoms with Crippen LogP contribution in [0.1, 0.15) is 57.3 Å². The standard InChI is InChI=1S/C32H44N4O7/c1-31(2,3)43-27(38)14-15-32(30(39)35-33-16-17-36-18-22-40-23-19-36)28(24-8-5-4-6-9-24)42-29(34-32)25-10-12-26(13-11-25)41-21-7-20-37/h4-6,8-13,28,33,37H,7,14-23H2,1-3H3,(H,35,39)/t28-,32-/m0/s1. The molecule has 1 saturated heterocycles. The Labute approximate surface area is 253 Å². The average molecular weight is 597 g/mol. The molecule has 2 aromatic carbocycles. The summed E-state index contributed by atoms with van der Waals surface area (Å²) >= 11 is 0. The van der Waals surface area contributed by atoms with Crippen LogP contribution in [-0.2, 0) is 23.8 Å². The van der Waals surface area contributed by atoms with Crippen LogP contribution < -0.4 is 15.6 Å². The number of rotatable bonds is 14. The van der Waals surface area contributed by atoms with E-state index >= 15 is 0 Å². The molecule has 2 aliphatic heterocycles. The number of morpholine rings is 1. The van der Waals surface area contributed by atoms with Gasteiger partial charge in [-0.15, -0.1) is 0 Å². The minimum Gasteiger partial charge on any atom is -0.494 e. The zero-order chi connectivity index (χ0) is 30.7. The number of hydrazine groups is 1. The molecule has 0 aliphatic carbocycles. The first kappa shape index (κ1) is 32.4. The summed E-state index contributed by atoms with van der Waals surface area (Å²) in [5, 5.41) is 9.02. The maximum Gasteiger partial charge on any atom is 0.306 e. The summed E-state index contributed by atoms with van der Waals surface area (Å²) in [4.78, 5) is 34.1. The molecule has 0 bridgehead atoms. The monoisotopic (exact) mass is 596 g/mol. The van der Waals surface area contributed by atoms with Gasteiger partial charge in [0.1, 0.15) is 11.4 Å². The summed E-state index contributed by atoms with van der Waals surface area (Å²) in [6.45, 7) is 10.2. The van der Waals surface area contributed by atoms with Gasteiger partial charge in [-0.05, 0) is 57.0 Å². The van der Waals surface area contributed by atoms with E-state index in [1.54, 1.807) is 12.1 Å². The number of hydrogen-bond donors (Lipinski definition) is 3. The largest absolute Gasteiger partial charge is 0.494 e. The van der Waals surface area contributed by atoms with Gasteiger partial charge in [-0.2, -0.15) is 0 Å². The lowest BCUT2D eigenvalue weighted by Gasteiger charge is -2.31. The number of hydrogen-bond acceptors (Lipinski definition) is 10. The van der Waals surface area contributed by atoms with Gasteiger partial charge in [0.05, 0.1) is 19.8 Å². The van der Waals surface area contributed by atoms with Gasteiger partial charge in [0.25, 0.3) is 5.91 Å². The molecule has 1 fully saturated rings. The van der Waals surface area contributed by atoms with E-state index in [4.69, 9.17) is 29.0 Å². The SMILES string of the molecule is CC(C)(C)OC(=O)CC[C@]1(C(=O)NNCCN2CCOCC2)N=C(c2ccc(OCCCO)cc2)O[C@H]1c1ccccc1. The van der Waals surface area contributed by atoms with Gasteiger partial charge in [0.15, 0.2) is 11.6 Å². The molecule has 234 valence electrons. The van der Waals surface area contributed by atoms with Crippen LogP contribution in [0.3, 0.4) is 0 Å².